The molecular formula is C16H21NO5S. The number of methoxy groups -OCH3 is 2. The van der Waals surface area contributed by atoms with Crippen LogP contribution in [0.4, 0.5) is 0 Å². The molecule has 126 valence electrons. The smallest absolute Gasteiger partial charge is 0.326 e. The molecule has 1 aliphatic heterocycles. The van der Waals surface area contributed by atoms with E-state index in [1.165, 1.54) is 12.0 Å². The second-order valence-corrected chi connectivity index (χ2v) is 6.44. The van der Waals surface area contributed by atoms with Crippen molar-refractivity contribution in [1.29, 1.82) is 0 Å². The molecule has 6 nitrogen and oxygen atoms in total. The fourth-order valence-corrected chi connectivity index (χ4v) is 3.39. The van der Waals surface area contributed by atoms with E-state index in [0.717, 1.165) is 10.6 Å². The topological polar surface area (TPSA) is 76.1 Å². The molecule has 7 heteroatoms. The van der Waals surface area contributed by atoms with E-state index in [1.54, 1.807) is 18.9 Å². The number of nitrogens with zero attached hydrogens (tertiary/aromatic N) is 1. The van der Waals surface area contributed by atoms with Crippen molar-refractivity contribution in [3.05, 3.63) is 24.3 Å². The van der Waals surface area contributed by atoms with Crippen molar-refractivity contribution in [3.63, 3.8) is 0 Å². The minimum absolute atomic E-state index is 0.141. The van der Waals surface area contributed by atoms with Crippen molar-refractivity contribution < 1.29 is 24.2 Å². The van der Waals surface area contributed by atoms with Crippen LogP contribution >= 0.6 is 11.8 Å². The fraction of sp³-hybridized carbons (Fsp3) is 0.500. The van der Waals surface area contributed by atoms with E-state index in [0.29, 0.717) is 25.1 Å². The van der Waals surface area contributed by atoms with Crippen LogP contribution in [0.1, 0.15) is 12.8 Å². The third-order valence-corrected chi connectivity index (χ3v) is 4.86. The molecule has 1 heterocycles. The zero-order chi connectivity index (χ0) is 16.8. The number of ether oxygens (including phenoxy) is 2. The standard InChI is InChI=1S/C16H21NO5S/c1-21-11-3-5-13(6-4-11)23-8-7-15(18)17-10-12(22-2)9-14(17)16(19)20/h3-6,12,14H,7-10H2,1-2H3,(H,19,20). The molecule has 1 fully saturated rings. The molecule has 0 radical (unpaired) electrons. The van der Waals surface area contributed by atoms with E-state index in [-0.39, 0.29) is 12.0 Å². The number of carbonyl (C=O) groups is 2. The van der Waals surface area contributed by atoms with E-state index in [9.17, 15) is 14.7 Å². The van der Waals surface area contributed by atoms with Crippen LogP contribution in [0.2, 0.25) is 0 Å². The summed E-state index contributed by atoms with van der Waals surface area (Å²) in [6.45, 7) is 0.347. The van der Waals surface area contributed by atoms with Crippen LogP contribution in [-0.4, -0.2) is 60.5 Å². The van der Waals surface area contributed by atoms with Gasteiger partial charge in [-0.25, -0.2) is 4.79 Å². The van der Waals surface area contributed by atoms with Crippen molar-refractivity contribution in [1.82, 2.24) is 4.90 Å². The normalized spacial score (nSPS) is 20.5. The van der Waals surface area contributed by atoms with Crippen molar-refractivity contribution >= 4 is 23.6 Å². The second kappa shape index (κ2) is 8.21. The number of carbonyl (C=O) groups excluding carboxylic acids is 1. The molecule has 2 unspecified atom stereocenters. The molecule has 1 aromatic carbocycles. The van der Waals surface area contributed by atoms with Gasteiger partial charge < -0.3 is 19.5 Å². The fourth-order valence-electron chi connectivity index (χ4n) is 2.55. The van der Waals surface area contributed by atoms with Gasteiger partial charge in [-0.1, -0.05) is 0 Å². The number of rotatable bonds is 7. The van der Waals surface area contributed by atoms with Gasteiger partial charge >= 0.3 is 5.97 Å². The van der Waals surface area contributed by atoms with Crippen LogP contribution in [0.5, 0.6) is 5.75 Å². The van der Waals surface area contributed by atoms with Gasteiger partial charge in [0.15, 0.2) is 0 Å². The van der Waals surface area contributed by atoms with Crippen molar-refractivity contribution in [2.45, 2.75) is 29.9 Å². The summed E-state index contributed by atoms with van der Waals surface area (Å²) in [7, 11) is 3.15. The van der Waals surface area contributed by atoms with Crippen molar-refractivity contribution in [2.75, 3.05) is 26.5 Å². The van der Waals surface area contributed by atoms with Gasteiger partial charge in [0.2, 0.25) is 5.91 Å². The van der Waals surface area contributed by atoms with Crippen molar-refractivity contribution in [2.24, 2.45) is 0 Å². The maximum Gasteiger partial charge on any atom is 0.326 e. The van der Waals surface area contributed by atoms with Gasteiger partial charge in [-0.05, 0) is 24.3 Å². The predicted molar refractivity (Wildman–Crippen MR) is 86.9 cm³/mol. The van der Waals surface area contributed by atoms with Crippen LogP contribution in [0.3, 0.4) is 0 Å². The van der Waals surface area contributed by atoms with Gasteiger partial charge in [0.25, 0.3) is 0 Å². The molecule has 0 saturated carbocycles. The summed E-state index contributed by atoms with van der Waals surface area (Å²) in [6, 6.07) is 6.83. The predicted octanol–water partition coefficient (Wildman–Crippen LogP) is 1.88. The van der Waals surface area contributed by atoms with E-state index in [1.807, 2.05) is 24.3 Å². The summed E-state index contributed by atoms with van der Waals surface area (Å²) in [5.74, 6) is 0.280. The Bertz CT molecular complexity index is 548. The Kier molecular flexibility index (Phi) is 6.29. The molecule has 23 heavy (non-hydrogen) atoms. The first-order valence-electron chi connectivity index (χ1n) is 7.37. The highest BCUT2D eigenvalue weighted by molar-refractivity contribution is 7.99. The summed E-state index contributed by atoms with van der Waals surface area (Å²) < 4.78 is 10.3. The number of thioether (sulfide) groups is 1. The highest BCUT2D eigenvalue weighted by atomic mass is 32.2. The number of amides is 1. The van der Waals surface area contributed by atoms with Gasteiger partial charge in [-0.15, -0.1) is 11.8 Å². The monoisotopic (exact) mass is 339 g/mol. The van der Waals surface area contributed by atoms with E-state index < -0.39 is 12.0 Å². The summed E-state index contributed by atoms with van der Waals surface area (Å²) in [4.78, 5) is 26.0. The molecule has 2 rings (SSSR count). The number of aliphatic carboxylic acids is 1. The summed E-state index contributed by atoms with van der Waals surface area (Å²) in [5.41, 5.74) is 0. The van der Waals surface area contributed by atoms with Crippen LogP contribution in [0, 0.1) is 0 Å². The molecule has 0 aromatic heterocycles. The Hall–Kier alpha value is -1.73. The Morgan fingerprint density at radius 2 is 2.00 bits per heavy atom. The van der Waals surface area contributed by atoms with Gasteiger partial charge in [0, 0.05) is 37.1 Å². The zero-order valence-electron chi connectivity index (χ0n) is 13.2. The minimum atomic E-state index is -0.972. The average molecular weight is 339 g/mol. The van der Waals surface area contributed by atoms with E-state index in [4.69, 9.17) is 9.47 Å². The van der Waals surface area contributed by atoms with Crippen LogP contribution in [0.25, 0.3) is 0 Å². The van der Waals surface area contributed by atoms with Gasteiger partial charge in [-0.2, -0.15) is 0 Å². The average Bonchev–Trinajstić information content (AvgIpc) is 3.00. The first-order valence-corrected chi connectivity index (χ1v) is 8.35. The summed E-state index contributed by atoms with van der Waals surface area (Å²) in [6.07, 6.45) is 0.453. The largest absolute Gasteiger partial charge is 0.497 e. The highest BCUT2D eigenvalue weighted by Crippen LogP contribution is 2.24. The lowest BCUT2D eigenvalue weighted by Crippen LogP contribution is -2.40. The lowest BCUT2D eigenvalue weighted by Gasteiger charge is -2.21. The molecule has 0 spiro atoms. The Morgan fingerprint density at radius 3 is 2.57 bits per heavy atom. The highest BCUT2D eigenvalue weighted by Gasteiger charge is 2.39. The van der Waals surface area contributed by atoms with Crippen LogP contribution in [-0.2, 0) is 14.3 Å². The molecular weight excluding hydrogens is 318 g/mol. The van der Waals surface area contributed by atoms with Gasteiger partial charge in [-0.3, -0.25) is 4.79 Å². The van der Waals surface area contributed by atoms with Crippen LogP contribution in [0.15, 0.2) is 29.2 Å². The molecule has 1 saturated heterocycles. The lowest BCUT2D eigenvalue weighted by molar-refractivity contribution is -0.148. The Labute approximate surface area is 139 Å². The number of carboxylic acid groups (broad SMARTS) is 1. The molecule has 1 aromatic rings. The SMILES string of the molecule is COc1ccc(SCCC(=O)N2CC(OC)CC2C(=O)O)cc1. The molecule has 1 N–H and O–H groups in total. The number of hydrogen-bond acceptors (Lipinski definition) is 5. The van der Waals surface area contributed by atoms with Gasteiger partial charge in [0.05, 0.1) is 13.2 Å². The Balaban J connectivity index is 1.84. The van der Waals surface area contributed by atoms with Crippen LogP contribution < -0.4 is 4.74 Å². The van der Waals surface area contributed by atoms with E-state index in [2.05, 4.69) is 0 Å². The molecule has 0 bridgehead atoms. The molecule has 2 atom stereocenters. The summed E-state index contributed by atoms with van der Waals surface area (Å²) >= 11 is 1.56. The lowest BCUT2D eigenvalue weighted by atomic mass is 10.2. The maximum atomic E-state index is 12.3. The third-order valence-electron chi connectivity index (χ3n) is 3.85. The van der Waals surface area contributed by atoms with Crippen molar-refractivity contribution in [3.8, 4) is 5.75 Å². The van der Waals surface area contributed by atoms with E-state index >= 15 is 0 Å². The Morgan fingerprint density at radius 1 is 1.30 bits per heavy atom. The molecule has 1 amide bonds. The quantitative estimate of drug-likeness (QED) is 0.765. The number of carboxylic acids is 1. The maximum absolute atomic E-state index is 12.3. The number of hydrogen-bond donors (Lipinski definition) is 1. The van der Waals surface area contributed by atoms with Gasteiger partial charge in [0.1, 0.15) is 11.8 Å². The minimum Gasteiger partial charge on any atom is -0.497 e. The number of likely N-dealkylation sites (tertiary alicyclic amines) is 1. The molecule has 0 aliphatic carbocycles. The second-order valence-electron chi connectivity index (χ2n) is 5.27. The number of benzene rings is 1. The zero-order valence-corrected chi connectivity index (χ0v) is 14.0. The third kappa shape index (κ3) is 4.62. The first kappa shape index (κ1) is 17.6. The first-order chi connectivity index (χ1) is 11.0. The summed E-state index contributed by atoms with van der Waals surface area (Å²) in [5, 5.41) is 9.23. The molecule has 1 aliphatic rings.